The molecular weight excluding hydrogens is 251 g/mol. The van der Waals surface area contributed by atoms with E-state index in [1.165, 1.54) is 12.8 Å². The molecule has 112 valence electrons. The number of likely N-dealkylation sites (tertiary alicyclic amines) is 1. The van der Waals surface area contributed by atoms with Crippen LogP contribution in [0.1, 0.15) is 58.1 Å². The van der Waals surface area contributed by atoms with Crippen LogP contribution >= 0.6 is 0 Å². The molecule has 0 radical (unpaired) electrons. The minimum Gasteiger partial charge on any atom is -0.326 e. The molecule has 1 fully saturated rings. The molecule has 0 saturated carbocycles. The molecule has 1 aromatic rings. The molecule has 1 aliphatic rings. The highest BCUT2D eigenvalue weighted by Crippen LogP contribution is 2.37. The number of rotatable bonds is 5. The normalized spacial score (nSPS) is 26.6. The molecule has 0 bridgehead atoms. The van der Waals surface area contributed by atoms with Crippen LogP contribution in [-0.2, 0) is 0 Å². The van der Waals surface area contributed by atoms with Gasteiger partial charge in [-0.15, -0.1) is 0 Å². The van der Waals surface area contributed by atoms with Crippen LogP contribution < -0.4 is 5.73 Å². The fourth-order valence-electron chi connectivity index (χ4n) is 3.56. The van der Waals surface area contributed by atoms with Crippen LogP contribution in [0.3, 0.4) is 0 Å². The first-order valence-corrected chi connectivity index (χ1v) is 7.87. The van der Waals surface area contributed by atoms with E-state index in [2.05, 4.69) is 25.7 Å². The van der Waals surface area contributed by atoms with Gasteiger partial charge in [-0.1, -0.05) is 32.0 Å². The Bertz CT molecular complexity index is 435. The molecule has 1 aliphatic heterocycles. The first kappa shape index (κ1) is 15.5. The van der Waals surface area contributed by atoms with E-state index in [4.69, 9.17) is 5.73 Å². The van der Waals surface area contributed by atoms with Crippen molar-refractivity contribution in [2.75, 3.05) is 0 Å². The highest BCUT2D eigenvalue weighted by Gasteiger charge is 2.38. The van der Waals surface area contributed by atoms with Gasteiger partial charge in [0.25, 0.3) is 0 Å². The molecular formula is C17H27FN2. The van der Waals surface area contributed by atoms with Gasteiger partial charge in [0, 0.05) is 23.7 Å². The third kappa shape index (κ3) is 2.89. The van der Waals surface area contributed by atoms with Crippen LogP contribution in [0, 0.1) is 5.82 Å². The lowest BCUT2D eigenvalue weighted by Crippen LogP contribution is -2.46. The SMILES string of the molecule is CCC(N)C(c1ccccc1F)N1C(C)CCC1CC. The second kappa shape index (κ2) is 6.68. The van der Waals surface area contributed by atoms with Gasteiger partial charge in [0.1, 0.15) is 5.82 Å². The molecule has 2 nitrogen and oxygen atoms in total. The van der Waals surface area contributed by atoms with Gasteiger partial charge in [-0.25, -0.2) is 4.39 Å². The van der Waals surface area contributed by atoms with E-state index < -0.39 is 0 Å². The second-order valence-electron chi connectivity index (χ2n) is 5.97. The Morgan fingerprint density at radius 1 is 1.30 bits per heavy atom. The van der Waals surface area contributed by atoms with Gasteiger partial charge < -0.3 is 5.73 Å². The number of halogens is 1. The predicted octanol–water partition coefficient (Wildman–Crippen LogP) is 3.87. The molecule has 1 saturated heterocycles. The quantitative estimate of drug-likeness (QED) is 0.886. The topological polar surface area (TPSA) is 29.3 Å². The average Bonchev–Trinajstić information content (AvgIpc) is 2.82. The summed E-state index contributed by atoms with van der Waals surface area (Å²) in [5.74, 6) is -0.129. The fourth-order valence-corrected chi connectivity index (χ4v) is 3.56. The van der Waals surface area contributed by atoms with Gasteiger partial charge in [-0.3, -0.25) is 4.90 Å². The summed E-state index contributed by atoms with van der Waals surface area (Å²) in [5, 5.41) is 0. The molecule has 4 unspecified atom stereocenters. The fraction of sp³-hybridized carbons (Fsp3) is 0.647. The van der Waals surface area contributed by atoms with Crippen LogP contribution in [0.2, 0.25) is 0 Å². The zero-order valence-electron chi connectivity index (χ0n) is 12.8. The lowest BCUT2D eigenvalue weighted by atomic mass is 9.94. The highest BCUT2D eigenvalue weighted by molar-refractivity contribution is 5.24. The number of nitrogens with two attached hydrogens (primary N) is 1. The Hall–Kier alpha value is -0.930. The summed E-state index contributed by atoms with van der Waals surface area (Å²) in [6.07, 6.45) is 4.34. The van der Waals surface area contributed by atoms with Gasteiger partial charge in [-0.05, 0) is 38.7 Å². The van der Waals surface area contributed by atoms with Crippen LogP contribution in [0.25, 0.3) is 0 Å². The van der Waals surface area contributed by atoms with Crippen LogP contribution in [0.15, 0.2) is 24.3 Å². The summed E-state index contributed by atoms with van der Waals surface area (Å²) in [4.78, 5) is 2.46. The van der Waals surface area contributed by atoms with E-state index in [1.54, 1.807) is 12.1 Å². The molecule has 1 aromatic carbocycles. The van der Waals surface area contributed by atoms with Crippen molar-refractivity contribution in [2.45, 2.75) is 70.6 Å². The number of nitrogens with zero attached hydrogens (tertiary/aromatic N) is 1. The summed E-state index contributed by atoms with van der Waals surface area (Å²) in [7, 11) is 0. The van der Waals surface area contributed by atoms with Gasteiger partial charge in [-0.2, -0.15) is 0 Å². The molecule has 0 spiro atoms. The Balaban J connectivity index is 2.40. The Morgan fingerprint density at radius 2 is 2.00 bits per heavy atom. The standard InChI is InChI=1S/C17H27FN2/c1-4-13-11-10-12(3)20(13)17(16(19)5-2)14-8-6-7-9-15(14)18/h6-9,12-13,16-17H,4-5,10-11,19H2,1-3H3. The molecule has 4 atom stereocenters. The molecule has 2 N–H and O–H groups in total. The van der Waals surface area contributed by atoms with E-state index >= 15 is 0 Å². The van der Waals surface area contributed by atoms with Crippen molar-refractivity contribution in [1.82, 2.24) is 4.90 Å². The van der Waals surface area contributed by atoms with Crippen LogP contribution in [0.5, 0.6) is 0 Å². The van der Waals surface area contributed by atoms with E-state index in [9.17, 15) is 4.39 Å². The number of hydrogen-bond donors (Lipinski definition) is 1. The monoisotopic (exact) mass is 278 g/mol. The van der Waals surface area contributed by atoms with Gasteiger partial charge in [0.2, 0.25) is 0 Å². The van der Waals surface area contributed by atoms with E-state index in [-0.39, 0.29) is 17.9 Å². The minimum atomic E-state index is -0.129. The summed E-state index contributed by atoms with van der Waals surface area (Å²) < 4.78 is 14.3. The number of benzene rings is 1. The Labute approximate surface area is 122 Å². The maximum absolute atomic E-state index is 14.3. The highest BCUT2D eigenvalue weighted by atomic mass is 19.1. The zero-order chi connectivity index (χ0) is 14.7. The first-order chi connectivity index (χ1) is 9.60. The second-order valence-corrected chi connectivity index (χ2v) is 5.97. The number of hydrogen-bond acceptors (Lipinski definition) is 2. The molecule has 3 heteroatoms. The van der Waals surface area contributed by atoms with Crippen molar-refractivity contribution in [1.29, 1.82) is 0 Å². The summed E-state index contributed by atoms with van der Waals surface area (Å²) in [6.45, 7) is 6.54. The van der Waals surface area contributed by atoms with Crippen molar-refractivity contribution < 1.29 is 4.39 Å². The lowest BCUT2D eigenvalue weighted by Gasteiger charge is -2.39. The zero-order valence-corrected chi connectivity index (χ0v) is 12.8. The summed E-state index contributed by atoms with van der Waals surface area (Å²) in [6, 6.07) is 8.06. The van der Waals surface area contributed by atoms with Gasteiger partial charge in [0.05, 0.1) is 6.04 Å². The van der Waals surface area contributed by atoms with Crippen molar-refractivity contribution in [3.8, 4) is 0 Å². The van der Waals surface area contributed by atoms with Gasteiger partial charge in [0.15, 0.2) is 0 Å². The maximum Gasteiger partial charge on any atom is 0.128 e. The molecule has 0 amide bonds. The van der Waals surface area contributed by atoms with Crippen molar-refractivity contribution in [3.63, 3.8) is 0 Å². The van der Waals surface area contributed by atoms with E-state index in [0.717, 1.165) is 18.4 Å². The van der Waals surface area contributed by atoms with Gasteiger partial charge >= 0.3 is 0 Å². The lowest BCUT2D eigenvalue weighted by molar-refractivity contribution is 0.109. The molecule has 2 rings (SSSR count). The molecule has 20 heavy (non-hydrogen) atoms. The average molecular weight is 278 g/mol. The van der Waals surface area contributed by atoms with E-state index in [0.29, 0.717) is 12.1 Å². The minimum absolute atomic E-state index is 0.0105. The largest absolute Gasteiger partial charge is 0.326 e. The van der Waals surface area contributed by atoms with Crippen molar-refractivity contribution in [2.24, 2.45) is 5.73 Å². The third-order valence-electron chi connectivity index (χ3n) is 4.74. The maximum atomic E-state index is 14.3. The molecule has 0 aromatic heterocycles. The predicted molar refractivity (Wildman–Crippen MR) is 82.0 cm³/mol. The smallest absolute Gasteiger partial charge is 0.128 e. The van der Waals surface area contributed by atoms with Crippen molar-refractivity contribution in [3.05, 3.63) is 35.6 Å². The van der Waals surface area contributed by atoms with Crippen LogP contribution in [0.4, 0.5) is 4.39 Å². The molecule has 0 aliphatic carbocycles. The van der Waals surface area contributed by atoms with E-state index in [1.807, 2.05) is 12.1 Å². The summed E-state index contributed by atoms with van der Waals surface area (Å²) >= 11 is 0. The third-order valence-corrected chi connectivity index (χ3v) is 4.74. The summed E-state index contributed by atoms with van der Waals surface area (Å²) in [5.41, 5.74) is 7.13. The van der Waals surface area contributed by atoms with Crippen LogP contribution in [-0.4, -0.2) is 23.0 Å². The van der Waals surface area contributed by atoms with Crippen molar-refractivity contribution >= 4 is 0 Å². The first-order valence-electron chi connectivity index (χ1n) is 7.87. The Morgan fingerprint density at radius 3 is 2.60 bits per heavy atom. The Kier molecular flexibility index (Phi) is 5.17. The molecule has 1 heterocycles.